The lowest BCUT2D eigenvalue weighted by molar-refractivity contribution is 0.187. The van der Waals surface area contributed by atoms with Gasteiger partial charge < -0.3 is 19.8 Å². The number of nitrogens with one attached hydrogen (secondary N) is 2. The molecule has 0 spiro atoms. The lowest BCUT2D eigenvalue weighted by atomic mass is 9.97. The predicted molar refractivity (Wildman–Crippen MR) is 101 cm³/mol. The zero-order chi connectivity index (χ0) is 17.2. The molecule has 1 fully saturated rings. The zero-order valence-electron chi connectivity index (χ0n) is 15.1. The molecule has 0 aromatic carbocycles. The molecule has 1 saturated heterocycles. The maximum absolute atomic E-state index is 5.45. The first-order valence-electron chi connectivity index (χ1n) is 9.70. The van der Waals surface area contributed by atoms with E-state index in [-0.39, 0.29) is 0 Å². The lowest BCUT2D eigenvalue weighted by Gasteiger charge is -2.16. The monoisotopic (exact) mass is 345 g/mol. The van der Waals surface area contributed by atoms with Gasteiger partial charge in [-0.25, -0.2) is 0 Å². The molecule has 5 heteroatoms. The summed E-state index contributed by atoms with van der Waals surface area (Å²) in [5.41, 5.74) is 1.60. The average molecular weight is 345 g/mol. The van der Waals surface area contributed by atoms with Crippen molar-refractivity contribution in [2.24, 2.45) is 10.9 Å². The Morgan fingerprint density at radius 1 is 1.20 bits per heavy atom. The highest BCUT2D eigenvalue weighted by Crippen LogP contribution is 2.19. The summed E-state index contributed by atoms with van der Waals surface area (Å²) in [6.45, 7) is 4.32. The third-order valence-corrected chi connectivity index (χ3v) is 4.90. The van der Waals surface area contributed by atoms with E-state index < -0.39 is 0 Å². The van der Waals surface area contributed by atoms with Crippen molar-refractivity contribution in [1.29, 1.82) is 0 Å². The third-order valence-electron chi connectivity index (χ3n) is 4.90. The lowest BCUT2D eigenvalue weighted by Crippen LogP contribution is -2.39. The van der Waals surface area contributed by atoms with Gasteiger partial charge in [0.25, 0.3) is 0 Å². The number of rotatable bonds is 8. The van der Waals surface area contributed by atoms with E-state index in [1.807, 2.05) is 12.1 Å². The highest BCUT2D eigenvalue weighted by molar-refractivity contribution is 5.79. The van der Waals surface area contributed by atoms with E-state index in [4.69, 9.17) is 14.1 Å². The Hall–Kier alpha value is -1.75. The Morgan fingerprint density at radius 3 is 2.84 bits per heavy atom. The molecule has 138 valence electrons. The van der Waals surface area contributed by atoms with Crippen molar-refractivity contribution in [3.63, 3.8) is 0 Å². The summed E-state index contributed by atoms with van der Waals surface area (Å²) in [7, 11) is 0. The van der Waals surface area contributed by atoms with Crippen molar-refractivity contribution in [3.05, 3.63) is 35.8 Å². The fourth-order valence-electron chi connectivity index (χ4n) is 3.35. The van der Waals surface area contributed by atoms with Gasteiger partial charge in [-0.2, -0.15) is 0 Å². The Bertz CT molecular complexity index is 545. The van der Waals surface area contributed by atoms with Gasteiger partial charge in [0.15, 0.2) is 5.96 Å². The molecule has 1 aromatic heterocycles. The average Bonchev–Trinajstić information content (AvgIpc) is 3.34. The minimum atomic E-state index is 0.560. The topological polar surface area (TPSA) is 58.8 Å². The van der Waals surface area contributed by atoms with Crippen LogP contribution in [0.5, 0.6) is 0 Å². The fraction of sp³-hybridized carbons (Fsp3) is 0.650. The second-order valence-corrected chi connectivity index (χ2v) is 6.96. The first-order valence-corrected chi connectivity index (χ1v) is 9.70. The fourth-order valence-corrected chi connectivity index (χ4v) is 3.35. The molecule has 0 saturated carbocycles. The minimum Gasteiger partial charge on any atom is -0.469 e. The standard InChI is InChI=1S/C20H31N3O2/c1-2-5-17(6-3-1)8-11-21-20(23-15-18-10-14-24-16-18)22-12-9-19-7-4-13-25-19/h4-5,7,13,18H,1-3,6,8-12,14-16H2,(H2,21,22,23). The van der Waals surface area contributed by atoms with Crippen LogP contribution in [-0.2, 0) is 11.2 Å². The van der Waals surface area contributed by atoms with Crippen LogP contribution in [0.2, 0.25) is 0 Å². The smallest absolute Gasteiger partial charge is 0.191 e. The van der Waals surface area contributed by atoms with Gasteiger partial charge in [0.1, 0.15) is 5.76 Å². The molecule has 25 heavy (non-hydrogen) atoms. The molecule has 1 aliphatic heterocycles. The largest absolute Gasteiger partial charge is 0.469 e. The van der Waals surface area contributed by atoms with Crippen LogP contribution < -0.4 is 10.6 Å². The van der Waals surface area contributed by atoms with E-state index in [1.165, 1.54) is 25.7 Å². The number of guanidine groups is 1. The van der Waals surface area contributed by atoms with Gasteiger partial charge in [-0.1, -0.05) is 11.6 Å². The molecule has 1 unspecified atom stereocenters. The van der Waals surface area contributed by atoms with Gasteiger partial charge in [0, 0.05) is 38.6 Å². The molecule has 0 radical (unpaired) electrons. The van der Waals surface area contributed by atoms with Crippen molar-refractivity contribution >= 4 is 5.96 Å². The van der Waals surface area contributed by atoms with Gasteiger partial charge in [-0.15, -0.1) is 0 Å². The van der Waals surface area contributed by atoms with Gasteiger partial charge in [-0.05, 0) is 50.7 Å². The van der Waals surface area contributed by atoms with Crippen LogP contribution in [-0.4, -0.2) is 38.8 Å². The number of allylic oxidation sites excluding steroid dienone is 1. The van der Waals surface area contributed by atoms with E-state index in [0.717, 1.165) is 63.8 Å². The number of ether oxygens (including phenoxy) is 1. The maximum atomic E-state index is 5.45. The Morgan fingerprint density at radius 2 is 2.12 bits per heavy atom. The van der Waals surface area contributed by atoms with Crippen LogP contribution in [0.3, 0.4) is 0 Å². The Labute approximate surface area is 150 Å². The molecular weight excluding hydrogens is 314 g/mol. The molecule has 2 heterocycles. The van der Waals surface area contributed by atoms with Crippen molar-refractivity contribution in [2.45, 2.75) is 44.9 Å². The quantitative estimate of drug-likeness (QED) is 0.431. The maximum Gasteiger partial charge on any atom is 0.191 e. The van der Waals surface area contributed by atoms with Crippen LogP contribution in [0.1, 0.15) is 44.3 Å². The SMILES string of the molecule is C1=C(CCNC(=NCC2CCOC2)NCCc2ccco2)CCCC1. The third kappa shape index (κ3) is 6.58. The summed E-state index contributed by atoms with van der Waals surface area (Å²) >= 11 is 0. The van der Waals surface area contributed by atoms with Crippen LogP contribution in [0.4, 0.5) is 0 Å². The van der Waals surface area contributed by atoms with E-state index in [9.17, 15) is 0 Å². The van der Waals surface area contributed by atoms with Gasteiger partial charge in [-0.3, -0.25) is 4.99 Å². The Kier molecular flexibility index (Phi) is 7.43. The molecule has 5 nitrogen and oxygen atoms in total. The van der Waals surface area contributed by atoms with E-state index in [2.05, 4.69) is 16.7 Å². The van der Waals surface area contributed by atoms with Crippen LogP contribution in [0.25, 0.3) is 0 Å². The summed E-state index contributed by atoms with van der Waals surface area (Å²) < 4.78 is 10.8. The summed E-state index contributed by atoms with van der Waals surface area (Å²) in [5, 5.41) is 6.94. The Balaban J connectivity index is 1.44. The van der Waals surface area contributed by atoms with E-state index in [0.29, 0.717) is 5.92 Å². The second-order valence-electron chi connectivity index (χ2n) is 6.96. The van der Waals surface area contributed by atoms with E-state index in [1.54, 1.807) is 11.8 Å². The van der Waals surface area contributed by atoms with Crippen LogP contribution >= 0.6 is 0 Å². The highest BCUT2D eigenvalue weighted by atomic mass is 16.5. The second kappa shape index (κ2) is 10.3. The van der Waals surface area contributed by atoms with Gasteiger partial charge in [0.05, 0.1) is 12.9 Å². The number of hydrogen-bond donors (Lipinski definition) is 2. The molecule has 1 atom stereocenters. The molecule has 0 amide bonds. The van der Waals surface area contributed by atoms with Crippen LogP contribution in [0.15, 0.2) is 39.5 Å². The number of aliphatic imine (C=N–C) groups is 1. The van der Waals surface area contributed by atoms with Crippen molar-refractivity contribution in [3.8, 4) is 0 Å². The van der Waals surface area contributed by atoms with Gasteiger partial charge in [0.2, 0.25) is 0 Å². The van der Waals surface area contributed by atoms with Gasteiger partial charge >= 0.3 is 0 Å². The van der Waals surface area contributed by atoms with E-state index >= 15 is 0 Å². The zero-order valence-corrected chi connectivity index (χ0v) is 15.1. The molecule has 3 rings (SSSR count). The summed E-state index contributed by atoms with van der Waals surface area (Å²) in [6, 6.07) is 3.94. The van der Waals surface area contributed by atoms with Crippen molar-refractivity contribution < 1.29 is 9.15 Å². The number of furan rings is 1. The minimum absolute atomic E-state index is 0.560. The first kappa shape index (κ1) is 18.1. The molecule has 2 aliphatic rings. The van der Waals surface area contributed by atoms with Crippen molar-refractivity contribution in [1.82, 2.24) is 10.6 Å². The predicted octanol–water partition coefficient (Wildman–Crippen LogP) is 3.28. The highest BCUT2D eigenvalue weighted by Gasteiger charge is 2.15. The molecular formula is C20H31N3O2. The molecule has 2 N–H and O–H groups in total. The summed E-state index contributed by atoms with van der Waals surface area (Å²) in [6.07, 6.45) is 12.5. The summed E-state index contributed by atoms with van der Waals surface area (Å²) in [4.78, 5) is 4.77. The number of hydrogen-bond acceptors (Lipinski definition) is 3. The van der Waals surface area contributed by atoms with Crippen LogP contribution in [0, 0.1) is 5.92 Å². The normalized spacial score (nSPS) is 21.2. The first-order chi connectivity index (χ1) is 12.4. The van der Waals surface area contributed by atoms with Crippen molar-refractivity contribution in [2.75, 3.05) is 32.8 Å². The summed E-state index contributed by atoms with van der Waals surface area (Å²) in [5.74, 6) is 2.47. The molecule has 1 aromatic rings. The molecule has 1 aliphatic carbocycles. The molecule has 0 bridgehead atoms. The number of nitrogens with zero attached hydrogens (tertiary/aromatic N) is 1.